The van der Waals surface area contributed by atoms with E-state index in [1.807, 2.05) is 16.8 Å². The second kappa shape index (κ2) is 5.19. The Kier molecular flexibility index (Phi) is 3.36. The van der Waals surface area contributed by atoms with Crippen LogP contribution < -0.4 is 5.73 Å². The van der Waals surface area contributed by atoms with E-state index in [9.17, 15) is 10.1 Å². The highest BCUT2D eigenvalue weighted by Gasteiger charge is 2.19. The number of nitro benzene ring substituents is 1. The maximum atomic E-state index is 11.1. The first-order valence-electron chi connectivity index (χ1n) is 5.88. The van der Waals surface area contributed by atoms with Crippen molar-refractivity contribution in [2.24, 2.45) is 0 Å². The molecule has 2 N–H and O–H groups in total. The number of anilines is 1. The summed E-state index contributed by atoms with van der Waals surface area (Å²) < 4.78 is 1.33. The van der Waals surface area contributed by atoms with Gasteiger partial charge in [0.05, 0.1) is 10.6 Å². The Morgan fingerprint density at radius 1 is 1.33 bits per heavy atom. The molecule has 0 saturated heterocycles. The lowest BCUT2D eigenvalue weighted by Gasteiger charge is -2.05. The Balaban J connectivity index is 2.17. The fourth-order valence-corrected chi connectivity index (χ4v) is 2.78. The molecule has 21 heavy (non-hydrogen) atoms. The van der Waals surface area contributed by atoms with E-state index in [1.165, 1.54) is 34.2 Å². The molecule has 0 aliphatic rings. The van der Waals surface area contributed by atoms with Crippen LogP contribution in [-0.4, -0.2) is 14.7 Å². The number of rotatable bonds is 3. The lowest BCUT2D eigenvalue weighted by atomic mass is 10.2. The predicted octanol–water partition coefficient (Wildman–Crippen LogP) is 3.74. The molecule has 3 rings (SSSR count). The first kappa shape index (κ1) is 13.6. The highest BCUT2D eigenvalue weighted by molar-refractivity contribution is 7.08. The van der Waals surface area contributed by atoms with Crippen LogP contribution in [-0.2, 0) is 0 Å². The van der Waals surface area contributed by atoms with E-state index in [1.54, 1.807) is 6.07 Å². The van der Waals surface area contributed by atoms with Gasteiger partial charge in [-0.15, -0.1) is 0 Å². The van der Waals surface area contributed by atoms with E-state index < -0.39 is 4.92 Å². The summed E-state index contributed by atoms with van der Waals surface area (Å²) in [6.07, 6.45) is 0. The Bertz CT molecular complexity index is 814. The smallest absolute Gasteiger partial charge is 0.295 e. The van der Waals surface area contributed by atoms with Gasteiger partial charge in [-0.25, -0.2) is 4.68 Å². The summed E-state index contributed by atoms with van der Waals surface area (Å²) in [7, 11) is 0. The third-order valence-electron chi connectivity index (χ3n) is 2.92. The molecule has 0 radical (unpaired) electrons. The fourth-order valence-electron chi connectivity index (χ4n) is 1.96. The molecule has 106 valence electrons. The zero-order valence-electron chi connectivity index (χ0n) is 10.6. The maximum Gasteiger partial charge on any atom is 0.295 e. The minimum Gasteiger partial charge on any atom is -0.384 e. The third kappa shape index (κ3) is 2.48. The van der Waals surface area contributed by atoms with Crippen molar-refractivity contribution in [3.8, 4) is 16.9 Å². The molecule has 6 nitrogen and oxygen atoms in total. The minimum absolute atomic E-state index is 0.105. The quantitative estimate of drug-likeness (QED) is 0.588. The van der Waals surface area contributed by atoms with Gasteiger partial charge in [0.25, 0.3) is 5.69 Å². The summed E-state index contributed by atoms with van der Waals surface area (Å²) in [5, 5.41) is 19.7. The van der Waals surface area contributed by atoms with Gasteiger partial charge in [-0.2, -0.15) is 16.4 Å². The topological polar surface area (TPSA) is 87.0 Å². The molecule has 1 aromatic carbocycles. The van der Waals surface area contributed by atoms with Crippen molar-refractivity contribution in [1.82, 2.24) is 9.78 Å². The van der Waals surface area contributed by atoms with Crippen LogP contribution >= 0.6 is 22.9 Å². The van der Waals surface area contributed by atoms with E-state index in [-0.39, 0.29) is 11.4 Å². The standard InChI is InChI=1S/C13H9ClN4O2S/c14-9-1-2-11(18(19)20)12(5-9)17-13(15)6-10(16-17)8-3-4-21-7-8/h1-7H,15H2. The number of thiophene rings is 1. The van der Waals surface area contributed by atoms with E-state index in [4.69, 9.17) is 17.3 Å². The summed E-state index contributed by atoms with van der Waals surface area (Å²) in [4.78, 5) is 10.6. The summed E-state index contributed by atoms with van der Waals surface area (Å²) >= 11 is 7.46. The van der Waals surface area contributed by atoms with E-state index >= 15 is 0 Å². The van der Waals surface area contributed by atoms with Gasteiger partial charge in [-0.1, -0.05) is 11.6 Å². The van der Waals surface area contributed by atoms with Gasteiger partial charge in [-0.3, -0.25) is 10.1 Å². The molecule has 0 atom stereocenters. The number of nitrogens with two attached hydrogens (primary N) is 1. The van der Waals surface area contributed by atoms with Crippen LogP contribution in [0.5, 0.6) is 0 Å². The van der Waals surface area contributed by atoms with Crippen LogP contribution in [0.2, 0.25) is 5.02 Å². The van der Waals surface area contributed by atoms with Gasteiger partial charge >= 0.3 is 0 Å². The second-order valence-corrected chi connectivity index (χ2v) is 5.48. The van der Waals surface area contributed by atoms with Crippen molar-refractivity contribution >= 4 is 34.4 Å². The van der Waals surface area contributed by atoms with Crippen LogP contribution in [0.3, 0.4) is 0 Å². The minimum atomic E-state index is -0.489. The molecule has 0 aliphatic heterocycles. The first-order valence-corrected chi connectivity index (χ1v) is 7.21. The van der Waals surface area contributed by atoms with E-state index in [0.717, 1.165) is 5.56 Å². The molecule has 0 amide bonds. The molecular weight excluding hydrogens is 312 g/mol. The van der Waals surface area contributed by atoms with Crippen LogP contribution in [0.4, 0.5) is 11.5 Å². The molecule has 2 aromatic heterocycles. The second-order valence-electron chi connectivity index (χ2n) is 4.27. The zero-order chi connectivity index (χ0) is 15.0. The fraction of sp³-hybridized carbons (Fsp3) is 0. The SMILES string of the molecule is Nc1cc(-c2ccsc2)nn1-c1cc(Cl)ccc1[N+](=O)[O-]. The van der Waals surface area contributed by atoms with Crippen molar-refractivity contribution < 1.29 is 4.92 Å². The van der Waals surface area contributed by atoms with Gasteiger partial charge < -0.3 is 5.73 Å². The van der Waals surface area contributed by atoms with Gasteiger partial charge in [-0.05, 0) is 23.6 Å². The van der Waals surface area contributed by atoms with Crippen molar-refractivity contribution in [2.75, 3.05) is 5.73 Å². The number of hydrogen-bond acceptors (Lipinski definition) is 5. The van der Waals surface area contributed by atoms with Crippen molar-refractivity contribution in [2.45, 2.75) is 0 Å². The Labute approximate surface area is 128 Å². The molecule has 0 saturated carbocycles. The normalized spacial score (nSPS) is 10.7. The van der Waals surface area contributed by atoms with Gasteiger partial charge in [0, 0.05) is 28.1 Å². The third-order valence-corrected chi connectivity index (χ3v) is 3.83. The molecule has 0 fully saturated rings. The van der Waals surface area contributed by atoms with Gasteiger partial charge in [0.15, 0.2) is 0 Å². The van der Waals surface area contributed by atoms with Crippen molar-refractivity contribution in [1.29, 1.82) is 0 Å². The Morgan fingerprint density at radius 2 is 2.14 bits per heavy atom. The molecule has 3 aromatic rings. The maximum absolute atomic E-state index is 11.1. The monoisotopic (exact) mass is 320 g/mol. The lowest BCUT2D eigenvalue weighted by Crippen LogP contribution is -2.05. The highest BCUT2D eigenvalue weighted by Crippen LogP contribution is 2.30. The van der Waals surface area contributed by atoms with Crippen LogP contribution in [0, 0.1) is 10.1 Å². The van der Waals surface area contributed by atoms with Gasteiger partial charge in [0.2, 0.25) is 0 Å². The largest absolute Gasteiger partial charge is 0.384 e. The summed E-state index contributed by atoms with van der Waals surface area (Å²) in [5.74, 6) is 0.307. The average molecular weight is 321 g/mol. The number of nitrogens with zero attached hydrogens (tertiary/aromatic N) is 3. The molecule has 0 spiro atoms. The summed E-state index contributed by atoms with van der Waals surface area (Å²) in [5.41, 5.74) is 7.64. The zero-order valence-corrected chi connectivity index (χ0v) is 12.1. The molecular formula is C13H9ClN4O2S. The first-order chi connectivity index (χ1) is 10.1. The highest BCUT2D eigenvalue weighted by atomic mass is 35.5. The lowest BCUT2D eigenvalue weighted by molar-refractivity contribution is -0.384. The number of aromatic nitrogens is 2. The average Bonchev–Trinajstić information content (AvgIpc) is 3.07. The molecule has 0 bridgehead atoms. The van der Waals surface area contributed by atoms with Crippen LogP contribution in [0.15, 0.2) is 41.1 Å². The van der Waals surface area contributed by atoms with E-state index in [0.29, 0.717) is 16.5 Å². The number of nitrogen functional groups attached to an aromatic ring is 1. The number of hydrogen-bond donors (Lipinski definition) is 1. The molecule has 8 heteroatoms. The molecule has 0 unspecified atom stereocenters. The molecule has 0 aliphatic carbocycles. The number of nitro groups is 1. The number of halogens is 1. The van der Waals surface area contributed by atoms with Crippen LogP contribution in [0.1, 0.15) is 0 Å². The van der Waals surface area contributed by atoms with Crippen LogP contribution in [0.25, 0.3) is 16.9 Å². The number of benzene rings is 1. The predicted molar refractivity (Wildman–Crippen MR) is 83.0 cm³/mol. The summed E-state index contributed by atoms with van der Waals surface area (Å²) in [6, 6.07) is 7.85. The van der Waals surface area contributed by atoms with Crippen molar-refractivity contribution in [3.63, 3.8) is 0 Å². The Hall–Kier alpha value is -2.38. The summed E-state index contributed by atoms with van der Waals surface area (Å²) in [6.45, 7) is 0. The molecule has 2 heterocycles. The van der Waals surface area contributed by atoms with Crippen molar-refractivity contribution in [3.05, 3.63) is 56.2 Å². The van der Waals surface area contributed by atoms with E-state index in [2.05, 4.69) is 5.10 Å². The van der Waals surface area contributed by atoms with Gasteiger partial charge in [0.1, 0.15) is 11.5 Å². The Morgan fingerprint density at radius 3 is 2.81 bits per heavy atom.